The first-order valence-electron chi connectivity index (χ1n) is 10.4. The molecule has 0 heterocycles. The van der Waals surface area contributed by atoms with E-state index in [9.17, 15) is 15.1 Å². The lowest BCUT2D eigenvalue weighted by Crippen LogP contribution is -2.35. The van der Waals surface area contributed by atoms with E-state index in [1.165, 1.54) is 0 Å². The summed E-state index contributed by atoms with van der Waals surface area (Å²) in [7, 11) is 5.58. The van der Waals surface area contributed by atoms with E-state index in [1.54, 1.807) is 37.4 Å². The second kappa shape index (κ2) is 14.0. The van der Waals surface area contributed by atoms with Gasteiger partial charge in [-0.2, -0.15) is 0 Å². The Morgan fingerprint density at radius 1 is 1.15 bits per heavy atom. The van der Waals surface area contributed by atoms with Crippen molar-refractivity contribution in [2.45, 2.75) is 18.9 Å². The molecule has 2 aromatic rings. The fraction of sp³-hybridized carbons (Fsp3) is 0.391. The summed E-state index contributed by atoms with van der Waals surface area (Å²) in [5, 5.41) is 25.7. The lowest BCUT2D eigenvalue weighted by atomic mass is 10.1. The molecule has 0 unspecified atom stereocenters. The number of methoxy groups -OCH3 is 1. The van der Waals surface area contributed by atoms with Gasteiger partial charge in [0.1, 0.15) is 17.2 Å². The Morgan fingerprint density at radius 3 is 2.38 bits per heavy atom. The molecule has 11 heteroatoms. The van der Waals surface area contributed by atoms with E-state index < -0.39 is 12.0 Å². The molecule has 0 fully saturated rings. The smallest absolute Gasteiger partial charge is 0.269 e. The molecule has 0 radical (unpaired) electrons. The summed E-state index contributed by atoms with van der Waals surface area (Å²) in [6.07, 6.45) is 0.0112. The maximum absolute atomic E-state index is 12.5. The van der Waals surface area contributed by atoms with Gasteiger partial charge in [-0.15, -0.1) is 0 Å². The number of rotatable bonds is 12. The Kier molecular flexibility index (Phi) is 11.8. The number of benzene rings is 2. The normalized spacial score (nSPS) is 12.5. The Labute approximate surface area is 224 Å². The summed E-state index contributed by atoms with van der Waals surface area (Å²) in [6.45, 7) is 1.41. The van der Waals surface area contributed by atoms with Crippen molar-refractivity contribution in [3.05, 3.63) is 54.9 Å². The summed E-state index contributed by atoms with van der Waals surface area (Å²) < 4.78 is 13.1. The Hall–Kier alpha value is -1.66. The summed E-state index contributed by atoms with van der Waals surface area (Å²) in [6, 6.07) is 8.81. The molecule has 0 spiro atoms. The van der Waals surface area contributed by atoms with Crippen LogP contribution in [-0.2, 0) is 11.2 Å². The van der Waals surface area contributed by atoms with Crippen molar-refractivity contribution in [2.75, 3.05) is 40.9 Å². The van der Waals surface area contributed by atoms with Crippen molar-refractivity contribution >= 4 is 59.4 Å². The quantitative estimate of drug-likeness (QED) is 0.133. The molecule has 0 saturated carbocycles. The summed E-state index contributed by atoms with van der Waals surface area (Å²) in [5.41, 5.74) is 1.26. The highest BCUT2D eigenvalue weighted by Crippen LogP contribution is 2.36. The number of carbonyl (C=O) groups is 1. The molecule has 8 nitrogen and oxygen atoms in total. The Bertz CT molecular complexity index is 994. The fourth-order valence-corrected chi connectivity index (χ4v) is 5.09. The van der Waals surface area contributed by atoms with E-state index in [-0.39, 0.29) is 18.7 Å². The summed E-state index contributed by atoms with van der Waals surface area (Å²) in [5.74, 6) is 0.729. The highest BCUT2D eigenvalue weighted by Gasteiger charge is 2.18. The Balaban J connectivity index is 1.96. The average Bonchev–Trinajstić information content (AvgIpc) is 2.79. The largest absolute Gasteiger partial charge is 0.496 e. The number of halogens is 3. The Morgan fingerprint density at radius 2 is 1.82 bits per heavy atom. The van der Waals surface area contributed by atoms with Crippen LogP contribution in [0.4, 0.5) is 0 Å². The number of nitrogens with one attached hydrogen (secondary N) is 1. The van der Waals surface area contributed by atoms with Crippen LogP contribution in [0.5, 0.6) is 11.5 Å². The van der Waals surface area contributed by atoms with Gasteiger partial charge < -0.3 is 30.0 Å². The van der Waals surface area contributed by atoms with Crippen LogP contribution in [0.3, 0.4) is 0 Å². The van der Waals surface area contributed by atoms with Crippen molar-refractivity contribution in [3.63, 3.8) is 0 Å². The number of aliphatic hydroxyl groups excluding tert-OH is 1. The fourth-order valence-electron chi connectivity index (χ4n) is 3.05. The lowest BCUT2D eigenvalue weighted by molar-refractivity contribution is -0.115. The van der Waals surface area contributed by atoms with Crippen LogP contribution in [0.25, 0.3) is 0 Å². The molecule has 0 aliphatic rings. The van der Waals surface area contributed by atoms with Gasteiger partial charge in [-0.25, -0.2) is 0 Å². The summed E-state index contributed by atoms with van der Waals surface area (Å²) >= 11 is 10.4. The summed E-state index contributed by atoms with van der Waals surface area (Å²) in [4.78, 5) is 14.6. The molecule has 186 valence electrons. The third-order valence-corrected chi connectivity index (χ3v) is 6.63. The van der Waals surface area contributed by atoms with Crippen LogP contribution in [0.2, 0.25) is 0 Å². The molecule has 0 aliphatic carbocycles. The SMILES string of the molecule is COc1ccc(CC(=NO)C(=O)NC[C@@H](O)c2cc(Br)c(OCCCN(C)C)c(Br)c2)cc1Br. The van der Waals surface area contributed by atoms with Crippen molar-refractivity contribution in [1.82, 2.24) is 10.2 Å². The number of amides is 1. The van der Waals surface area contributed by atoms with Crippen molar-refractivity contribution in [3.8, 4) is 11.5 Å². The van der Waals surface area contributed by atoms with Crippen LogP contribution in [-0.4, -0.2) is 67.7 Å². The monoisotopic (exact) mass is 663 g/mol. The van der Waals surface area contributed by atoms with Crippen LogP contribution < -0.4 is 14.8 Å². The predicted octanol–water partition coefficient (Wildman–Crippen LogP) is 4.54. The van der Waals surface area contributed by atoms with Gasteiger partial charge in [0.2, 0.25) is 0 Å². The minimum atomic E-state index is -0.977. The van der Waals surface area contributed by atoms with Gasteiger partial charge in [0, 0.05) is 19.5 Å². The molecule has 1 amide bonds. The van der Waals surface area contributed by atoms with E-state index in [2.05, 4.69) is 63.2 Å². The topological polar surface area (TPSA) is 104 Å². The lowest BCUT2D eigenvalue weighted by Gasteiger charge is -2.17. The van der Waals surface area contributed by atoms with E-state index in [1.807, 2.05) is 14.1 Å². The number of nitrogens with zero attached hydrogens (tertiary/aromatic N) is 2. The standard InChI is InChI=1S/C23H28Br3N3O5/c1-29(2)7-4-8-34-22-17(25)11-15(12-18(22)26)20(30)13-27-23(31)19(28-32)10-14-5-6-21(33-3)16(24)9-14/h5-6,9,11-12,20,30,32H,4,7-8,10,13H2,1-3H3,(H,27,31)/t20-/m1/s1. The van der Waals surface area contributed by atoms with Gasteiger partial charge >= 0.3 is 0 Å². The molecule has 34 heavy (non-hydrogen) atoms. The first-order chi connectivity index (χ1) is 16.2. The van der Waals surface area contributed by atoms with Crippen molar-refractivity contribution in [2.24, 2.45) is 5.16 Å². The van der Waals surface area contributed by atoms with Gasteiger partial charge in [-0.3, -0.25) is 4.79 Å². The van der Waals surface area contributed by atoms with E-state index in [0.717, 1.165) is 23.0 Å². The first kappa shape index (κ1) is 28.6. The molecule has 3 N–H and O–H groups in total. The number of carbonyl (C=O) groups excluding carboxylic acids is 1. The van der Waals surface area contributed by atoms with Gasteiger partial charge in [-0.1, -0.05) is 11.2 Å². The zero-order valence-electron chi connectivity index (χ0n) is 19.1. The number of hydrogen-bond acceptors (Lipinski definition) is 7. The molecular formula is C23H28Br3N3O5. The van der Waals surface area contributed by atoms with Crippen molar-refractivity contribution < 1.29 is 24.6 Å². The second-order valence-corrected chi connectivity index (χ2v) is 10.3. The van der Waals surface area contributed by atoms with Crippen LogP contribution in [0.15, 0.2) is 48.9 Å². The predicted molar refractivity (Wildman–Crippen MR) is 142 cm³/mol. The maximum Gasteiger partial charge on any atom is 0.269 e. The molecule has 1 atom stereocenters. The van der Waals surface area contributed by atoms with E-state index in [0.29, 0.717) is 32.6 Å². The van der Waals surface area contributed by atoms with Gasteiger partial charge in [0.15, 0.2) is 0 Å². The van der Waals surface area contributed by atoms with Crippen LogP contribution in [0.1, 0.15) is 23.7 Å². The zero-order chi connectivity index (χ0) is 25.3. The average molecular weight is 666 g/mol. The van der Waals surface area contributed by atoms with E-state index >= 15 is 0 Å². The van der Waals surface area contributed by atoms with Gasteiger partial charge in [0.05, 0.1) is 33.2 Å². The molecule has 0 aliphatic heterocycles. The van der Waals surface area contributed by atoms with Crippen LogP contribution >= 0.6 is 47.8 Å². The maximum atomic E-state index is 12.5. The number of ether oxygens (including phenoxy) is 2. The minimum Gasteiger partial charge on any atom is -0.496 e. The highest BCUT2D eigenvalue weighted by atomic mass is 79.9. The van der Waals surface area contributed by atoms with Crippen LogP contribution in [0, 0.1) is 0 Å². The molecule has 0 bridgehead atoms. The molecule has 0 saturated heterocycles. The third-order valence-electron chi connectivity index (χ3n) is 4.83. The highest BCUT2D eigenvalue weighted by molar-refractivity contribution is 9.11. The molecular weight excluding hydrogens is 638 g/mol. The number of hydrogen-bond donors (Lipinski definition) is 3. The molecule has 2 rings (SSSR count). The van der Waals surface area contributed by atoms with Crippen molar-refractivity contribution in [1.29, 1.82) is 0 Å². The molecule has 0 aromatic heterocycles. The van der Waals surface area contributed by atoms with Gasteiger partial charge in [0.25, 0.3) is 5.91 Å². The third kappa shape index (κ3) is 8.53. The number of aliphatic hydroxyl groups is 1. The zero-order valence-corrected chi connectivity index (χ0v) is 23.9. The molecule has 2 aromatic carbocycles. The first-order valence-corrected chi connectivity index (χ1v) is 12.8. The van der Waals surface area contributed by atoms with E-state index in [4.69, 9.17) is 9.47 Å². The minimum absolute atomic E-state index is 0.0634. The van der Waals surface area contributed by atoms with Gasteiger partial charge in [-0.05, 0) is 104 Å². The number of oxime groups is 1. The second-order valence-electron chi connectivity index (χ2n) is 7.74.